The molecule has 0 aliphatic heterocycles. The Labute approximate surface area is 187 Å². The quantitative estimate of drug-likeness (QED) is 0.300. The number of aliphatic hydroxyl groups excluding tert-OH is 1. The van der Waals surface area contributed by atoms with Crippen LogP contribution in [0.4, 0.5) is 5.69 Å². The fraction of sp³-hybridized carbons (Fsp3) is 0.261. The number of hydrogen-bond donors (Lipinski definition) is 1. The van der Waals surface area contributed by atoms with Crippen LogP contribution in [-0.4, -0.2) is 30.0 Å². The molecule has 29 heavy (non-hydrogen) atoms. The van der Waals surface area contributed by atoms with Gasteiger partial charge in [0.05, 0.1) is 12.3 Å². The van der Waals surface area contributed by atoms with Crippen LogP contribution < -0.4 is 4.90 Å². The molecule has 0 atom stereocenters. The van der Waals surface area contributed by atoms with E-state index in [2.05, 4.69) is 15.9 Å². The topological polar surface area (TPSA) is 57.8 Å². The van der Waals surface area contributed by atoms with Gasteiger partial charge >= 0.3 is 0 Å². The van der Waals surface area contributed by atoms with E-state index in [9.17, 15) is 4.79 Å². The smallest absolute Gasteiger partial charge is 0.158 e. The van der Waals surface area contributed by atoms with Crippen LogP contribution in [0.5, 0.6) is 0 Å². The van der Waals surface area contributed by atoms with Crippen molar-refractivity contribution in [2.24, 2.45) is 0 Å². The van der Waals surface area contributed by atoms with E-state index in [4.69, 9.17) is 11.7 Å². The first kappa shape index (κ1) is 26.3. The summed E-state index contributed by atoms with van der Waals surface area (Å²) in [5.74, 6) is 0.149. The zero-order valence-corrected chi connectivity index (χ0v) is 19.5. The maximum atomic E-state index is 10.5. The summed E-state index contributed by atoms with van der Waals surface area (Å²) >= 11 is 0. The van der Waals surface area contributed by atoms with Gasteiger partial charge in [-0.05, 0) is 11.8 Å². The molecule has 1 radical (unpaired) electrons. The average Bonchev–Trinajstić information content (AvgIpc) is 2.73. The predicted molar refractivity (Wildman–Crippen MR) is 114 cm³/mol. The molecule has 1 aromatic heterocycles. The van der Waals surface area contributed by atoms with E-state index in [1.54, 1.807) is 20.0 Å². The van der Waals surface area contributed by atoms with E-state index in [1.807, 2.05) is 61.5 Å². The zero-order chi connectivity index (χ0) is 20.9. The van der Waals surface area contributed by atoms with Gasteiger partial charge in [-0.3, -0.25) is 9.64 Å². The molecular formula is C23H26IrN3O2-. The number of carbonyl (C=O) groups is 1. The van der Waals surface area contributed by atoms with Crippen LogP contribution in [0.15, 0.2) is 60.5 Å². The van der Waals surface area contributed by atoms with Gasteiger partial charge in [0.25, 0.3) is 0 Å². The monoisotopic (exact) mass is 569 g/mol. The molecule has 2 aromatic rings. The van der Waals surface area contributed by atoms with Crippen LogP contribution in [0, 0.1) is 12.6 Å². The third-order valence-electron chi connectivity index (χ3n) is 3.70. The van der Waals surface area contributed by atoms with Gasteiger partial charge in [0.1, 0.15) is 5.70 Å². The van der Waals surface area contributed by atoms with Crippen molar-refractivity contribution >= 4 is 17.2 Å². The molecule has 0 bridgehead atoms. The van der Waals surface area contributed by atoms with Crippen molar-refractivity contribution in [1.29, 1.82) is 0 Å². The van der Waals surface area contributed by atoms with E-state index >= 15 is 0 Å². The van der Waals surface area contributed by atoms with Crippen LogP contribution in [0.3, 0.4) is 0 Å². The number of pyridine rings is 1. The average molecular weight is 569 g/mol. The molecule has 155 valence electrons. The van der Waals surface area contributed by atoms with Gasteiger partial charge in [0.2, 0.25) is 0 Å². The maximum absolute atomic E-state index is 10.5. The van der Waals surface area contributed by atoms with Crippen molar-refractivity contribution in [3.05, 3.63) is 89.2 Å². The van der Waals surface area contributed by atoms with Crippen molar-refractivity contribution in [1.82, 2.24) is 4.98 Å². The number of hydrogen-bond acceptors (Lipinski definition) is 4. The Morgan fingerprint density at radius 2 is 1.83 bits per heavy atom. The number of anilines is 1. The molecule has 1 aromatic carbocycles. The molecule has 5 nitrogen and oxygen atoms in total. The molecule has 0 spiro atoms. The summed E-state index contributed by atoms with van der Waals surface area (Å²) in [5, 5.41) is 8.80. The fourth-order valence-electron chi connectivity index (χ4n) is 2.02. The van der Waals surface area contributed by atoms with E-state index in [1.165, 1.54) is 6.08 Å². The van der Waals surface area contributed by atoms with Crippen molar-refractivity contribution in [2.75, 3.05) is 19.0 Å². The first-order valence-corrected chi connectivity index (χ1v) is 9.03. The number of rotatable bonds is 6. The molecule has 1 N–H and O–H groups in total. The van der Waals surface area contributed by atoms with Crippen molar-refractivity contribution in [3.63, 3.8) is 0 Å². The van der Waals surface area contributed by atoms with Crippen LogP contribution in [-0.2, 0) is 24.9 Å². The molecule has 0 fully saturated rings. The summed E-state index contributed by atoms with van der Waals surface area (Å²) in [6.45, 7) is 10.8. The molecule has 1 heterocycles. The molecule has 0 saturated heterocycles. The Bertz CT molecular complexity index is 852. The SMILES string of the molecule is CCC(=O)/C=C(\O)CC.[C-]#[N+]C(=[C-]c1ccc(N(C)C)cc1)c1ccccn1.[Ir]. The summed E-state index contributed by atoms with van der Waals surface area (Å²) in [6.07, 6.45) is 7.04. The normalized spacial score (nSPS) is 10.7. The van der Waals surface area contributed by atoms with Gasteiger partial charge in [0, 0.05) is 65.0 Å². The molecule has 0 amide bonds. The van der Waals surface area contributed by atoms with Gasteiger partial charge < -0.3 is 15.0 Å². The van der Waals surface area contributed by atoms with E-state index in [0.717, 1.165) is 11.3 Å². The minimum atomic E-state index is -0.0191. The van der Waals surface area contributed by atoms with Crippen LogP contribution in [0.25, 0.3) is 10.5 Å². The van der Waals surface area contributed by atoms with E-state index < -0.39 is 0 Å². The van der Waals surface area contributed by atoms with Crippen molar-refractivity contribution in [3.8, 4) is 0 Å². The number of allylic oxidation sites excluding steroid dienone is 2. The number of carbonyl (C=O) groups excluding carboxylic acids is 1. The second-order valence-electron chi connectivity index (χ2n) is 6.05. The molecule has 0 unspecified atom stereocenters. The van der Waals surface area contributed by atoms with Crippen molar-refractivity contribution < 1.29 is 30.0 Å². The summed E-state index contributed by atoms with van der Waals surface area (Å²) in [7, 11) is 3.99. The standard InChI is InChI=1S/C16H14N3.C7H12O2.Ir/c1-17-16(15-6-4-5-11-18-15)12-13-7-9-14(10-8-13)19(2)3;1-3-6(8)5-7(9)4-2;/h4-11H,2-3H3;5,8H,3-4H2,1-2H3;/q-1;;/b;6-5-;. The molecule has 2 rings (SSSR count). The van der Waals surface area contributed by atoms with Crippen LogP contribution in [0.1, 0.15) is 37.9 Å². The fourth-order valence-corrected chi connectivity index (χ4v) is 2.02. The number of aliphatic hydroxyl groups is 1. The van der Waals surface area contributed by atoms with E-state index in [0.29, 0.717) is 24.2 Å². The third-order valence-corrected chi connectivity index (χ3v) is 3.70. The summed E-state index contributed by atoms with van der Waals surface area (Å²) in [5.41, 5.74) is 3.07. The van der Waals surface area contributed by atoms with Gasteiger partial charge in [-0.15, -0.1) is 18.2 Å². The number of nitrogens with zero attached hydrogens (tertiary/aromatic N) is 3. The Morgan fingerprint density at radius 1 is 1.17 bits per heavy atom. The Balaban J connectivity index is 0.000000672. The maximum Gasteiger partial charge on any atom is 0.158 e. The second kappa shape index (κ2) is 14.3. The summed E-state index contributed by atoms with van der Waals surface area (Å²) < 4.78 is 0. The largest absolute Gasteiger partial charge is 0.512 e. The Morgan fingerprint density at radius 3 is 2.28 bits per heavy atom. The minimum absolute atomic E-state index is 0. The third kappa shape index (κ3) is 9.84. The number of aromatic nitrogens is 1. The Hall–Kier alpha value is -2.74. The van der Waals surface area contributed by atoms with Crippen molar-refractivity contribution in [2.45, 2.75) is 26.7 Å². The molecule has 0 aliphatic rings. The zero-order valence-electron chi connectivity index (χ0n) is 17.1. The van der Waals surface area contributed by atoms with Gasteiger partial charge in [-0.25, -0.2) is 0 Å². The summed E-state index contributed by atoms with van der Waals surface area (Å²) in [4.78, 5) is 20.2. The molecule has 0 aliphatic carbocycles. The molecule has 0 saturated carbocycles. The van der Waals surface area contributed by atoms with Gasteiger partial charge in [-0.1, -0.05) is 38.1 Å². The predicted octanol–water partition coefficient (Wildman–Crippen LogP) is 5.07. The van der Waals surface area contributed by atoms with Gasteiger partial charge in [0.15, 0.2) is 5.78 Å². The first-order valence-electron chi connectivity index (χ1n) is 9.03. The second-order valence-corrected chi connectivity index (χ2v) is 6.05. The number of ketones is 1. The first-order chi connectivity index (χ1) is 13.4. The Kier molecular flexibility index (Phi) is 12.9. The van der Waals surface area contributed by atoms with Crippen LogP contribution >= 0.6 is 0 Å². The molecular weight excluding hydrogens is 542 g/mol. The van der Waals surface area contributed by atoms with E-state index in [-0.39, 0.29) is 31.6 Å². The van der Waals surface area contributed by atoms with Gasteiger partial charge in [-0.2, -0.15) is 5.56 Å². The summed E-state index contributed by atoms with van der Waals surface area (Å²) in [6, 6.07) is 13.4. The molecule has 6 heteroatoms. The van der Waals surface area contributed by atoms with Crippen LogP contribution in [0.2, 0.25) is 0 Å². The minimum Gasteiger partial charge on any atom is -0.512 e. The number of benzene rings is 1.